The number of nitrogens with one attached hydrogen (secondary N) is 1. The van der Waals surface area contributed by atoms with Gasteiger partial charge in [-0.2, -0.15) is 0 Å². The Balaban J connectivity index is 1.18. The summed E-state index contributed by atoms with van der Waals surface area (Å²) in [5.41, 5.74) is 19.7. The molecule has 1 aliphatic carbocycles. The van der Waals surface area contributed by atoms with Crippen molar-refractivity contribution in [1.82, 2.24) is 4.98 Å². The second-order valence-corrected chi connectivity index (χ2v) is 15.9. The van der Waals surface area contributed by atoms with E-state index in [1.165, 1.54) is 105 Å². The summed E-state index contributed by atoms with van der Waals surface area (Å²) in [6.07, 6.45) is 0. The second kappa shape index (κ2) is 11.0. The Labute approximate surface area is 322 Å². The number of para-hydroxylation sites is 3. The van der Waals surface area contributed by atoms with Gasteiger partial charge in [0, 0.05) is 44.4 Å². The first kappa shape index (κ1) is 30.8. The number of hydrogen-bond acceptors (Lipinski definition) is 1. The second-order valence-electron chi connectivity index (χ2n) is 15.9. The molecule has 0 spiro atoms. The number of aromatic nitrogens is 1. The Bertz CT molecular complexity index is 3010. The molecule has 3 heteroatoms. The van der Waals surface area contributed by atoms with Crippen LogP contribution in [0.4, 0.5) is 17.1 Å². The van der Waals surface area contributed by atoms with E-state index in [9.17, 15) is 0 Å². The average molecular weight is 700 g/mol. The van der Waals surface area contributed by atoms with E-state index in [0.29, 0.717) is 0 Å². The monoisotopic (exact) mass is 699 g/mol. The predicted molar refractivity (Wildman–Crippen MR) is 230 cm³/mol. The van der Waals surface area contributed by atoms with Crippen LogP contribution in [0, 0.1) is 0 Å². The smallest absolute Gasteiger partial charge is 0.197 e. The molecule has 257 valence electrons. The highest BCUT2D eigenvalue weighted by atomic mass is 15.2. The Kier molecular flexibility index (Phi) is 6.16. The molecule has 12 rings (SSSR count). The molecule has 8 aromatic carbocycles. The molecule has 1 N–H and O–H groups in total. The van der Waals surface area contributed by atoms with Crippen LogP contribution in [0.25, 0.3) is 43.9 Å². The van der Waals surface area contributed by atoms with Crippen LogP contribution in [-0.2, 0) is 10.8 Å². The van der Waals surface area contributed by atoms with E-state index in [1.54, 1.807) is 0 Å². The minimum Gasteiger partial charge on any atom is -0.357 e. The van der Waals surface area contributed by atoms with E-state index >= 15 is 0 Å². The maximum Gasteiger partial charge on any atom is 0.197 e. The topological polar surface area (TPSA) is 19.0 Å². The molecule has 0 saturated heterocycles. The third-order valence-corrected chi connectivity index (χ3v) is 12.9. The summed E-state index contributed by atoms with van der Waals surface area (Å²) in [7, 11) is 2.47. The Morgan fingerprint density at radius 1 is 0.509 bits per heavy atom. The van der Waals surface area contributed by atoms with Crippen molar-refractivity contribution in [2.45, 2.75) is 24.7 Å². The van der Waals surface area contributed by atoms with Gasteiger partial charge in [-0.25, -0.2) is 0 Å². The van der Waals surface area contributed by atoms with Crippen molar-refractivity contribution in [2.24, 2.45) is 0 Å². The summed E-state index contributed by atoms with van der Waals surface area (Å²) in [5.74, 6) is 0. The van der Waals surface area contributed by atoms with Crippen LogP contribution in [0.1, 0.15) is 47.4 Å². The predicted octanol–water partition coefficient (Wildman–Crippen LogP) is 11.4. The third-order valence-electron chi connectivity index (χ3n) is 12.9. The first-order valence-corrected chi connectivity index (χ1v) is 19.4. The van der Waals surface area contributed by atoms with Gasteiger partial charge in [0.05, 0.1) is 16.6 Å². The molecular weight excluding hydrogens is 663 g/mol. The lowest BCUT2D eigenvalue weighted by atomic mass is 9.54. The lowest BCUT2D eigenvalue weighted by Gasteiger charge is -2.49. The van der Waals surface area contributed by atoms with Gasteiger partial charge in [0.15, 0.2) is 7.28 Å². The van der Waals surface area contributed by atoms with Gasteiger partial charge in [0.2, 0.25) is 0 Å². The molecule has 3 aliphatic rings. The molecule has 9 aromatic rings. The van der Waals surface area contributed by atoms with Crippen molar-refractivity contribution in [3.05, 3.63) is 209 Å². The summed E-state index contributed by atoms with van der Waals surface area (Å²) < 4.78 is 0. The highest BCUT2D eigenvalue weighted by molar-refractivity contribution is 6.74. The number of anilines is 3. The fraction of sp³-hybridized carbons (Fsp3) is 0.0769. The lowest BCUT2D eigenvalue weighted by molar-refractivity contribution is 0.642. The molecule has 3 heterocycles. The summed E-state index contributed by atoms with van der Waals surface area (Å²) >= 11 is 0. The molecule has 0 saturated carbocycles. The fourth-order valence-electron chi connectivity index (χ4n) is 10.6. The standard InChI is InChI=1S/C52H36BN2/c1-51(2)40-26-12-11-23-37(40)45-38-25-15-24-36(47(38)54-50(45)51)39-31-32-17-9-10-22-35(32)48-46(39)53-43-29-16-28-42-49(43)55(48)44-30-14-13-27-41(44)52(42,33-18-5-3-6-19-33)34-20-7-4-8-21-34/h3-31,54H,1-2H3. The molecule has 1 radical (unpaired) electrons. The molecule has 0 unspecified atom stereocenters. The molecule has 0 bridgehead atoms. The first-order chi connectivity index (χ1) is 27.1. The number of aromatic amines is 1. The van der Waals surface area contributed by atoms with Gasteiger partial charge in [-0.3, -0.25) is 0 Å². The van der Waals surface area contributed by atoms with Crippen LogP contribution < -0.4 is 15.8 Å². The van der Waals surface area contributed by atoms with Gasteiger partial charge in [-0.15, -0.1) is 0 Å². The van der Waals surface area contributed by atoms with Crippen molar-refractivity contribution in [3.63, 3.8) is 0 Å². The van der Waals surface area contributed by atoms with Gasteiger partial charge in [0.25, 0.3) is 0 Å². The van der Waals surface area contributed by atoms with Crippen molar-refractivity contribution in [3.8, 4) is 22.3 Å². The largest absolute Gasteiger partial charge is 0.357 e. The van der Waals surface area contributed by atoms with E-state index < -0.39 is 5.41 Å². The zero-order chi connectivity index (χ0) is 36.5. The van der Waals surface area contributed by atoms with E-state index in [4.69, 9.17) is 0 Å². The molecule has 0 fully saturated rings. The normalized spacial score (nSPS) is 15.1. The van der Waals surface area contributed by atoms with Crippen molar-refractivity contribution >= 4 is 56.9 Å². The maximum atomic E-state index is 4.04. The van der Waals surface area contributed by atoms with Gasteiger partial charge in [0.1, 0.15) is 0 Å². The van der Waals surface area contributed by atoms with Crippen LogP contribution >= 0.6 is 0 Å². The van der Waals surface area contributed by atoms with Crippen LogP contribution in [0.15, 0.2) is 176 Å². The molecular formula is C52H36BN2. The van der Waals surface area contributed by atoms with Crippen LogP contribution in [0.3, 0.4) is 0 Å². The van der Waals surface area contributed by atoms with E-state index in [-0.39, 0.29) is 5.41 Å². The Morgan fingerprint density at radius 2 is 1.13 bits per heavy atom. The van der Waals surface area contributed by atoms with Crippen molar-refractivity contribution < 1.29 is 0 Å². The molecule has 2 aliphatic heterocycles. The SMILES string of the molecule is CC1(C)c2ccccc2-c2c1[nH]c1c(-c3cc4ccccc4c4c3[B]c3cccc5c3N4c3ccccc3C5(c3ccccc3)c3ccccc3)cccc21. The number of benzene rings is 8. The van der Waals surface area contributed by atoms with Crippen molar-refractivity contribution in [1.29, 1.82) is 0 Å². The van der Waals surface area contributed by atoms with Gasteiger partial charge in [-0.05, 0) is 61.9 Å². The third kappa shape index (κ3) is 3.90. The van der Waals surface area contributed by atoms with Gasteiger partial charge < -0.3 is 9.88 Å². The van der Waals surface area contributed by atoms with Crippen LogP contribution in [0.5, 0.6) is 0 Å². The molecule has 0 amide bonds. The van der Waals surface area contributed by atoms with E-state index in [1.807, 2.05) is 0 Å². The molecule has 55 heavy (non-hydrogen) atoms. The van der Waals surface area contributed by atoms with Crippen LogP contribution in [-0.4, -0.2) is 12.3 Å². The first-order valence-electron chi connectivity index (χ1n) is 19.4. The van der Waals surface area contributed by atoms with Gasteiger partial charge >= 0.3 is 0 Å². The van der Waals surface area contributed by atoms with Crippen LogP contribution in [0.2, 0.25) is 0 Å². The van der Waals surface area contributed by atoms with E-state index in [2.05, 4.69) is 207 Å². The number of hydrogen-bond donors (Lipinski definition) is 1. The zero-order valence-electron chi connectivity index (χ0n) is 30.8. The lowest BCUT2D eigenvalue weighted by Crippen LogP contribution is -2.47. The minimum absolute atomic E-state index is 0.117. The summed E-state index contributed by atoms with van der Waals surface area (Å²) in [4.78, 5) is 6.63. The Morgan fingerprint density at radius 3 is 1.93 bits per heavy atom. The highest BCUT2D eigenvalue weighted by Crippen LogP contribution is 2.59. The summed E-state index contributed by atoms with van der Waals surface area (Å²) in [6, 6.07) is 65.4. The number of H-pyrrole nitrogens is 1. The zero-order valence-corrected chi connectivity index (χ0v) is 30.8. The maximum absolute atomic E-state index is 4.04. The Hall–Kier alpha value is -6.58. The van der Waals surface area contributed by atoms with Gasteiger partial charge in [-0.1, -0.05) is 183 Å². The summed E-state index contributed by atoms with van der Waals surface area (Å²) in [6.45, 7) is 4.71. The molecule has 2 nitrogen and oxygen atoms in total. The average Bonchev–Trinajstić information content (AvgIpc) is 3.74. The summed E-state index contributed by atoms with van der Waals surface area (Å²) in [5, 5.41) is 3.76. The fourth-order valence-corrected chi connectivity index (χ4v) is 10.6. The minimum atomic E-state index is -0.515. The van der Waals surface area contributed by atoms with E-state index in [0.717, 1.165) is 0 Å². The quantitative estimate of drug-likeness (QED) is 0.182. The number of rotatable bonds is 3. The highest BCUT2D eigenvalue weighted by Gasteiger charge is 2.49. The molecule has 1 aromatic heterocycles. The van der Waals surface area contributed by atoms with Crippen molar-refractivity contribution in [2.75, 3.05) is 4.90 Å². The molecule has 0 atom stereocenters. The number of fused-ring (bicyclic) bond motifs is 11. The number of nitrogens with zero attached hydrogens (tertiary/aromatic N) is 1.